The van der Waals surface area contributed by atoms with Gasteiger partial charge >= 0.3 is 0 Å². The summed E-state index contributed by atoms with van der Waals surface area (Å²) in [5.41, 5.74) is 0. The summed E-state index contributed by atoms with van der Waals surface area (Å²) in [5, 5.41) is 5.86. The van der Waals surface area contributed by atoms with Crippen molar-refractivity contribution in [2.24, 2.45) is 0 Å². The van der Waals surface area contributed by atoms with E-state index in [1.807, 2.05) is 20.8 Å². The smallest absolute Gasteiger partial charge is 0.236 e. The molecule has 0 fully saturated rings. The number of rotatable bonds is 8. The molecular formula is C10H22N2O2S. The van der Waals surface area contributed by atoms with Crippen molar-refractivity contribution < 1.29 is 9.00 Å². The van der Waals surface area contributed by atoms with Gasteiger partial charge in [0.05, 0.1) is 6.04 Å². The van der Waals surface area contributed by atoms with Crippen molar-refractivity contribution in [2.75, 3.05) is 24.6 Å². The first-order valence-electron chi connectivity index (χ1n) is 5.47. The molecule has 2 unspecified atom stereocenters. The van der Waals surface area contributed by atoms with Crippen LogP contribution in [0.4, 0.5) is 0 Å². The highest BCUT2D eigenvalue weighted by atomic mass is 32.2. The predicted octanol–water partition coefficient (Wildman–Crippen LogP) is 0.259. The zero-order chi connectivity index (χ0) is 11.7. The van der Waals surface area contributed by atoms with E-state index in [0.29, 0.717) is 24.6 Å². The van der Waals surface area contributed by atoms with Crippen LogP contribution in [0.25, 0.3) is 0 Å². The number of nitrogens with one attached hydrogen (secondary N) is 2. The van der Waals surface area contributed by atoms with Gasteiger partial charge < -0.3 is 10.6 Å². The summed E-state index contributed by atoms with van der Waals surface area (Å²) in [7, 11) is -0.756. The number of carbonyl (C=O) groups excluding carboxylic acids is 1. The van der Waals surface area contributed by atoms with E-state index in [4.69, 9.17) is 0 Å². The van der Waals surface area contributed by atoms with Crippen LogP contribution < -0.4 is 10.6 Å². The third-order valence-corrected chi connectivity index (χ3v) is 3.35. The van der Waals surface area contributed by atoms with Crippen LogP contribution in [0.1, 0.15) is 27.2 Å². The molecule has 0 spiro atoms. The van der Waals surface area contributed by atoms with Crippen molar-refractivity contribution in [3.05, 3.63) is 0 Å². The van der Waals surface area contributed by atoms with Crippen molar-refractivity contribution in [1.82, 2.24) is 10.6 Å². The standard InChI is InChI=1S/C10H22N2O2S/c1-4-6-12-10(13)9(3)11-7-8-15(14)5-2/h9,11H,4-8H2,1-3H3,(H,12,13). The quantitative estimate of drug-likeness (QED) is 0.633. The Balaban J connectivity index is 3.59. The van der Waals surface area contributed by atoms with Crippen molar-refractivity contribution in [1.29, 1.82) is 0 Å². The summed E-state index contributed by atoms with van der Waals surface area (Å²) in [5.74, 6) is 1.30. The van der Waals surface area contributed by atoms with Crippen LogP contribution in [-0.4, -0.2) is 40.8 Å². The van der Waals surface area contributed by atoms with Gasteiger partial charge in [-0.1, -0.05) is 13.8 Å². The molecule has 1 amide bonds. The molecule has 15 heavy (non-hydrogen) atoms. The number of hydrogen-bond acceptors (Lipinski definition) is 3. The molecule has 0 aromatic carbocycles. The van der Waals surface area contributed by atoms with E-state index in [1.54, 1.807) is 0 Å². The molecule has 0 heterocycles. The fourth-order valence-electron chi connectivity index (χ4n) is 1.03. The highest BCUT2D eigenvalue weighted by Crippen LogP contribution is 1.84. The molecule has 0 aliphatic rings. The Morgan fingerprint density at radius 1 is 1.33 bits per heavy atom. The highest BCUT2D eigenvalue weighted by Gasteiger charge is 2.10. The molecule has 2 atom stereocenters. The van der Waals surface area contributed by atoms with Crippen LogP contribution in [0.2, 0.25) is 0 Å². The van der Waals surface area contributed by atoms with Crippen molar-refractivity contribution in [3.63, 3.8) is 0 Å². The Hall–Kier alpha value is -0.420. The summed E-state index contributed by atoms with van der Waals surface area (Å²) in [6, 6.07) is -0.203. The lowest BCUT2D eigenvalue weighted by Gasteiger charge is -2.13. The zero-order valence-corrected chi connectivity index (χ0v) is 10.7. The van der Waals surface area contributed by atoms with Gasteiger partial charge in [0.15, 0.2) is 0 Å². The second-order valence-electron chi connectivity index (χ2n) is 3.40. The van der Waals surface area contributed by atoms with Crippen LogP contribution in [0.5, 0.6) is 0 Å². The molecule has 0 radical (unpaired) electrons. The Bertz CT molecular complexity index is 210. The molecule has 0 saturated heterocycles. The largest absolute Gasteiger partial charge is 0.355 e. The van der Waals surface area contributed by atoms with E-state index >= 15 is 0 Å². The molecular weight excluding hydrogens is 212 g/mol. The van der Waals surface area contributed by atoms with Crippen LogP contribution >= 0.6 is 0 Å². The first kappa shape index (κ1) is 14.6. The van der Waals surface area contributed by atoms with Gasteiger partial charge in [-0.2, -0.15) is 0 Å². The average Bonchev–Trinajstić information content (AvgIpc) is 2.25. The molecule has 5 heteroatoms. The van der Waals surface area contributed by atoms with Gasteiger partial charge in [-0.25, -0.2) is 0 Å². The Kier molecular flexibility index (Phi) is 8.61. The molecule has 90 valence electrons. The minimum atomic E-state index is -0.756. The molecule has 0 rings (SSSR count). The first-order chi connectivity index (χ1) is 7.11. The van der Waals surface area contributed by atoms with E-state index in [2.05, 4.69) is 10.6 Å². The molecule has 0 aliphatic heterocycles. The monoisotopic (exact) mass is 234 g/mol. The molecule has 0 aromatic rings. The molecule has 0 aliphatic carbocycles. The Morgan fingerprint density at radius 2 is 2.00 bits per heavy atom. The second kappa shape index (κ2) is 8.85. The number of amides is 1. The van der Waals surface area contributed by atoms with E-state index in [0.717, 1.165) is 6.42 Å². The van der Waals surface area contributed by atoms with E-state index in [9.17, 15) is 9.00 Å². The topological polar surface area (TPSA) is 58.2 Å². The van der Waals surface area contributed by atoms with Gasteiger partial charge in [-0.15, -0.1) is 0 Å². The average molecular weight is 234 g/mol. The van der Waals surface area contributed by atoms with E-state index < -0.39 is 10.8 Å². The van der Waals surface area contributed by atoms with Crippen LogP contribution in [0.3, 0.4) is 0 Å². The van der Waals surface area contributed by atoms with Crippen molar-refractivity contribution in [3.8, 4) is 0 Å². The predicted molar refractivity (Wildman–Crippen MR) is 64.3 cm³/mol. The third kappa shape index (κ3) is 7.50. The van der Waals surface area contributed by atoms with Gasteiger partial charge in [-0.05, 0) is 13.3 Å². The highest BCUT2D eigenvalue weighted by molar-refractivity contribution is 7.84. The van der Waals surface area contributed by atoms with Crippen LogP contribution in [0.15, 0.2) is 0 Å². The minimum Gasteiger partial charge on any atom is -0.355 e. The van der Waals surface area contributed by atoms with E-state index in [1.165, 1.54) is 0 Å². The van der Waals surface area contributed by atoms with Gasteiger partial charge in [0.2, 0.25) is 5.91 Å². The number of hydrogen-bond donors (Lipinski definition) is 2. The fourth-order valence-corrected chi connectivity index (χ4v) is 1.66. The minimum absolute atomic E-state index is 0.0131. The molecule has 0 saturated carbocycles. The Morgan fingerprint density at radius 3 is 2.53 bits per heavy atom. The van der Waals surface area contributed by atoms with Gasteiger partial charge in [0.25, 0.3) is 0 Å². The second-order valence-corrected chi connectivity index (χ2v) is 5.26. The lowest BCUT2D eigenvalue weighted by molar-refractivity contribution is -0.122. The maximum absolute atomic E-state index is 11.4. The first-order valence-corrected chi connectivity index (χ1v) is 6.96. The third-order valence-electron chi connectivity index (χ3n) is 2.04. The normalized spacial score (nSPS) is 14.6. The molecule has 4 nitrogen and oxygen atoms in total. The van der Waals surface area contributed by atoms with Gasteiger partial charge in [0, 0.05) is 35.4 Å². The maximum atomic E-state index is 11.4. The lowest BCUT2D eigenvalue weighted by Crippen LogP contribution is -2.43. The number of carbonyl (C=O) groups is 1. The summed E-state index contributed by atoms with van der Waals surface area (Å²) < 4.78 is 11.1. The Labute approximate surface area is 94.7 Å². The summed E-state index contributed by atoms with van der Waals surface area (Å²) in [6.07, 6.45) is 0.943. The van der Waals surface area contributed by atoms with Gasteiger partial charge in [0.1, 0.15) is 0 Å². The van der Waals surface area contributed by atoms with Crippen molar-refractivity contribution >= 4 is 16.7 Å². The maximum Gasteiger partial charge on any atom is 0.236 e. The van der Waals surface area contributed by atoms with E-state index in [-0.39, 0.29) is 11.9 Å². The van der Waals surface area contributed by atoms with Crippen LogP contribution in [-0.2, 0) is 15.6 Å². The summed E-state index contributed by atoms with van der Waals surface area (Å²) >= 11 is 0. The van der Waals surface area contributed by atoms with Gasteiger partial charge in [-0.3, -0.25) is 9.00 Å². The molecule has 0 bridgehead atoms. The van der Waals surface area contributed by atoms with Crippen LogP contribution in [0, 0.1) is 0 Å². The summed E-state index contributed by atoms with van der Waals surface area (Å²) in [4.78, 5) is 11.4. The molecule has 2 N–H and O–H groups in total. The zero-order valence-electron chi connectivity index (χ0n) is 9.84. The lowest BCUT2D eigenvalue weighted by atomic mass is 10.3. The van der Waals surface area contributed by atoms with Crippen molar-refractivity contribution in [2.45, 2.75) is 33.2 Å². The SMILES string of the molecule is CCCNC(=O)C(C)NCCS(=O)CC. The summed E-state index contributed by atoms with van der Waals surface area (Å²) in [6.45, 7) is 7.07. The fraction of sp³-hybridized carbons (Fsp3) is 0.900. The molecule has 0 aromatic heterocycles.